The number of esters is 1. The summed E-state index contributed by atoms with van der Waals surface area (Å²) in [7, 11) is 5.91. The highest BCUT2D eigenvalue weighted by molar-refractivity contribution is 6.14. The molecule has 8 heteroatoms. The quantitative estimate of drug-likeness (QED) is 0.342. The summed E-state index contributed by atoms with van der Waals surface area (Å²) in [6.45, 7) is 0.280. The van der Waals surface area contributed by atoms with Crippen molar-refractivity contribution in [3.63, 3.8) is 0 Å². The topological polar surface area (TPSA) is 89.5 Å². The highest BCUT2D eigenvalue weighted by Gasteiger charge is 2.28. The van der Waals surface area contributed by atoms with Crippen molar-refractivity contribution in [2.45, 2.75) is 6.61 Å². The van der Waals surface area contributed by atoms with Crippen LogP contribution >= 0.6 is 0 Å². The number of hydrogen-bond acceptors (Lipinski definition) is 8. The fourth-order valence-corrected chi connectivity index (χ4v) is 3.61. The van der Waals surface area contributed by atoms with E-state index in [2.05, 4.69) is 0 Å². The molecule has 0 spiro atoms. The molecule has 0 atom stereocenters. The average Bonchev–Trinajstić information content (AvgIpc) is 3.20. The molecule has 0 unspecified atom stereocenters. The number of Topliss-reactive ketones (excluding diaryl/α,β-unsaturated/α-hetero) is 1. The predicted octanol–water partition coefficient (Wildman–Crippen LogP) is 4.69. The summed E-state index contributed by atoms with van der Waals surface area (Å²) in [5, 5.41) is 0. The Balaban J connectivity index is 1.50. The third kappa shape index (κ3) is 4.91. The summed E-state index contributed by atoms with van der Waals surface area (Å²) in [5.74, 6) is 1.89. The Labute approximate surface area is 202 Å². The van der Waals surface area contributed by atoms with Gasteiger partial charge in [0.2, 0.25) is 11.5 Å². The monoisotopic (exact) mass is 476 g/mol. The molecule has 0 N–H and O–H groups in total. The van der Waals surface area contributed by atoms with E-state index in [1.54, 1.807) is 60.7 Å². The van der Waals surface area contributed by atoms with Crippen LogP contribution in [0.15, 0.2) is 60.4 Å². The van der Waals surface area contributed by atoms with Gasteiger partial charge in [-0.05, 0) is 53.6 Å². The van der Waals surface area contributed by atoms with Crippen LogP contribution in [0.5, 0.6) is 28.7 Å². The minimum Gasteiger partial charge on any atom is -0.493 e. The molecule has 3 aromatic rings. The van der Waals surface area contributed by atoms with Gasteiger partial charge in [0.15, 0.2) is 17.3 Å². The van der Waals surface area contributed by atoms with Gasteiger partial charge < -0.3 is 28.4 Å². The predicted molar refractivity (Wildman–Crippen MR) is 128 cm³/mol. The Morgan fingerprint density at radius 3 is 2.17 bits per heavy atom. The van der Waals surface area contributed by atoms with Gasteiger partial charge in [0, 0.05) is 6.07 Å². The molecule has 1 heterocycles. The molecule has 0 radical (unpaired) electrons. The van der Waals surface area contributed by atoms with E-state index in [0.29, 0.717) is 45.4 Å². The lowest BCUT2D eigenvalue weighted by Gasteiger charge is -2.13. The van der Waals surface area contributed by atoms with Crippen LogP contribution in [0.25, 0.3) is 6.08 Å². The van der Waals surface area contributed by atoms with Crippen LogP contribution in [0.3, 0.4) is 0 Å². The maximum absolute atomic E-state index is 12.9. The molecular formula is C27H24O8. The number of ether oxygens (including phenoxy) is 6. The van der Waals surface area contributed by atoms with Gasteiger partial charge in [0.1, 0.15) is 18.1 Å². The van der Waals surface area contributed by atoms with Crippen LogP contribution in [0.4, 0.5) is 0 Å². The van der Waals surface area contributed by atoms with E-state index in [1.807, 2.05) is 0 Å². The lowest BCUT2D eigenvalue weighted by atomic mass is 10.1. The van der Waals surface area contributed by atoms with Crippen LogP contribution in [0, 0.1) is 0 Å². The first kappa shape index (κ1) is 23.7. The summed E-state index contributed by atoms with van der Waals surface area (Å²) in [4.78, 5) is 24.4. The van der Waals surface area contributed by atoms with Crippen LogP contribution in [-0.2, 0) is 11.3 Å². The first-order chi connectivity index (χ1) is 17.0. The number of fused-ring (bicyclic) bond motifs is 1. The van der Waals surface area contributed by atoms with E-state index in [4.69, 9.17) is 28.4 Å². The van der Waals surface area contributed by atoms with E-state index >= 15 is 0 Å². The van der Waals surface area contributed by atoms with Gasteiger partial charge in [0.25, 0.3) is 0 Å². The molecule has 4 rings (SSSR count). The molecule has 0 aromatic heterocycles. The SMILES string of the molecule is COC(=O)c1ccc(COc2ccc3c(c2)OC(=Cc2cc(OC)c(OC)c(OC)c2)C3=O)cc1. The molecule has 1 aliphatic heterocycles. The maximum atomic E-state index is 12.9. The Hall–Kier alpha value is -4.46. The Morgan fingerprint density at radius 1 is 0.886 bits per heavy atom. The van der Waals surface area contributed by atoms with Crippen molar-refractivity contribution in [3.8, 4) is 28.7 Å². The van der Waals surface area contributed by atoms with Crippen LogP contribution < -0.4 is 23.7 Å². The van der Waals surface area contributed by atoms with Gasteiger partial charge in [-0.15, -0.1) is 0 Å². The van der Waals surface area contributed by atoms with Crippen LogP contribution in [-0.4, -0.2) is 40.2 Å². The van der Waals surface area contributed by atoms with Crippen molar-refractivity contribution < 1.29 is 38.0 Å². The van der Waals surface area contributed by atoms with Crippen molar-refractivity contribution in [2.24, 2.45) is 0 Å². The summed E-state index contributed by atoms with van der Waals surface area (Å²) in [6.07, 6.45) is 1.62. The summed E-state index contributed by atoms with van der Waals surface area (Å²) in [5.41, 5.74) is 2.44. The molecular weight excluding hydrogens is 452 g/mol. The number of allylic oxidation sites excluding steroid dienone is 1. The van der Waals surface area contributed by atoms with E-state index < -0.39 is 5.97 Å². The van der Waals surface area contributed by atoms with E-state index in [9.17, 15) is 9.59 Å². The first-order valence-electron chi connectivity index (χ1n) is 10.7. The molecule has 0 saturated carbocycles. The molecule has 1 aliphatic rings. The highest BCUT2D eigenvalue weighted by atomic mass is 16.5. The summed E-state index contributed by atoms with van der Waals surface area (Å²) >= 11 is 0. The Kier molecular flexibility index (Phi) is 6.91. The van der Waals surface area contributed by atoms with Gasteiger partial charge in [-0.25, -0.2) is 4.79 Å². The summed E-state index contributed by atoms with van der Waals surface area (Å²) in [6, 6.07) is 15.4. The number of benzene rings is 3. The largest absolute Gasteiger partial charge is 0.493 e. The van der Waals surface area contributed by atoms with Crippen LogP contribution in [0.2, 0.25) is 0 Å². The molecule has 3 aromatic carbocycles. The van der Waals surface area contributed by atoms with Crippen LogP contribution in [0.1, 0.15) is 31.8 Å². The zero-order valence-corrected chi connectivity index (χ0v) is 19.7. The fraction of sp³-hybridized carbons (Fsp3) is 0.185. The van der Waals surface area contributed by atoms with Crippen molar-refractivity contribution in [2.75, 3.05) is 28.4 Å². The second kappa shape index (κ2) is 10.2. The zero-order valence-electron chi connectivity index (χ0n) is 19.7. The number of ketones is 1. The number of rotatable bonds is 8. The minimum absolute atomic E-state index is 0.171. The third-order valence-corrected chi connectivity index (χ3v) is 5.41. The van der Waals surface area contributed by atoms with Gasteiger partial charge in [-0.3, -0.25) is 4.79 Å². The molecule has 0 saturated heterocycles. The minimum atomic E-state index is -0.395. The Bertz CT molecular complexity index is 1270. The molecule has 0 amide bonds. The van der Waals surface area contributed by atoms with Crippen molar-refractivity contribution in [3.05, 3.63) is 82.6 Å². The van der Waals surface area contributed by atoms with E-state index in [0.717, 1.165) is 5.56 Å². The number of carbonyl (C=O) groups excluding carboxylic acids is 2. The standard InChI is InChI=1S/C27H24O8/c1-30-23-12-17(13-24(31-2)26(23)32-3)11-22-25(28)20-10-9-19(14-21(20)35-22)34-15-16-5-7-18(8-6-16)27(29)33-4/h5-14H,15H2,1-4H3. The van der Waals surface area contributed by atoms with Gasteiger partial charge in [-0.1, -0.05) is 12.1 Å². The van der Waals surface area contributed by atoms with Gasteiger partial charge in [0.05, 0.1) is 39.6 Å². The molecule has 0 bridgehead atoms. The fourth-order valence-electron chi connectivity index (χ4n) is 3.61. The highest BCUT2D eigenvalue weighted by Crippen LogP contribution is 2.40. The second-order valence-electron chi connectivity index (χ2n) is 7.53. The van der Waals surface area contributed by atoms with Crippen molar-refractivity contribution in [1.82, 2.24) is 0 Å². The van der Waals surface area contributed by atoms with Crippen molar-refractivity contribution >= 4 is 17.8 Å². The normalized spacial score (nSPS) is 13.1. The first-order valence-corrected chi connectivity index (χ1v) is 10.7. The van der Waals surface area contributed by atoms with Crippen molar-refractivity contribution in [1.29, 1.82) is 0 Å². The molecule has 0 fully saturated rings. The Morgan fingerprint density at radius 2 is 1.57 bits per heavy atom. The average molecular weight is 476 g/mol. The molecule has 180 valence electrons. The zero-order chi connectivity index (χ0) is 24.9. The number of carbonyl (C=O) groups is 2. The second-order valence-corrected chi connectivity index (χ2v) is 7.53. The maximum Gasteiger partial charge on any atom is 0.337 e. The van der Waals surface area contributed by atoms with E-state index in [-0.39, 0.29) is 18.1 Å². The molecule has 8 nitrogen and oxygen atoms in total. The smallest absolute Gasteiger partial charge is 0.337 e. The van der Waals surface area contributed by atoms with E-state index in [1.165, 1.54) is 28.4 Å². The molecule has 0 aliphatic carbocycles. The lowest BCUT2D eigenvalue weighted by Crippen LogP contribution is -2.02. The number of hydrogen-bond donors (Lipinski definition) is 0. The third-order valence-electron chi connectivity index (χ3n) is 5.41. The lowest BCUT2D eigenvalue weighted by molar-refractivity contribution is 0.0600. The number of methoxy groups -OCH3 is 4. The molecule has 35 heavy (non-hydrogen) atoms. The van der Waals surface area contributed by atoms with Gasteiger partial charge in [-0.2, -0.15) is 0 Å². The van der Waals surface area contributed by atoms with Gasteiger partial charge >= 0.3 is 5.97 Å². The summed E-state index contributed by atoms with van der Waals surface area (Å²) < 4.78 is 32.5.